The number of unbranched alkanes of at least 4 members (excludes halogenated alkanes) is 1. The molecule has 0 aliphatic carbocycles. The van der Waals surface area contributed by atoms with Gasteiger partial charge in [-0.15, -0.1) is 0 Å². The number of aryl methyl sites for hydroxylation is 2. The minimum Gasteiger partial charge on any atom is -0.354 e. The van der Waals surface area contributed by atoms with Gasteiger partial charge in [0.15, 0.2) is 0 Å². The van der Waals surface area contributed by atoms with Crippen molar-refractivity contribution in [1.29, 1.82) is 0 Å². The van der Waals surface area contributed by atoms with Gasteiger partial charge in [0.2, 0.25) is 11.8 Å². The zero-order valence-electron chi connectivity index (χ0n) is 23.5. The number of amides is 2. The second kappa shape index (κ2) is 14.4. The molecule has 41 heavy (non-hydrogen) atoms. The summed E-state index contributed by atoms with van der Waals surface area (Å²) < 4.78 is 28.9. The first-order valence-electron chi connectivity index (χ1n) is 13.2. The summed E-state index contributed by atoms with van der Waals surface area (Å²) in [4.78, 5) is 28.4. The highest BCUT2D eigenvalue weighted by molar-refractivity contribution is 7.92. The summed E-state index contributed by atoms with van der Waals surface area (Å²) in [6.07, 6.45) is 1.67. The van der Waals surface area contributed by atoms with Crippen LogP contribution in [0.15, 0.2) is 65.6 Å². The molecule has 220 valence electrons. The summed E-state index contributed by atoms with van der Waals surface area (Å²) in [5, 5.41) is 3.88. The lowest BCUT2D eigenvalue weighted by molar-refractivity contribution is -0.139. The molecule has 1 N–H and O–H groups in total. The number of nitrogens with one attached hydrogen (secondary N) is 1. The van der Waals surface area contributed by atoms with Crippen molar-refractivity contribution >= 4 is 62.3 Å². The summed E-state index contributed by atoms with van der Waals surface area (Å²) >= 11 is 18.9. The maximum absolute atomic E-state index is 14.0. The number of hydrogen-bond acceptors (Lipinski definition) is 4. The molecule has 0 bridgehead atoms. The second-order valence-electron chi connectivity index (χ2n) is 9.78. The molecular weight excluding hydrogens is 605 g/mol. The van der Waals surface area contributed by atoms with Crippen molar-refractivity contribution in [2.45, 2.75) is 58.0 Å². The van der Waals surface area contributed by atoms with Crippen molar-refractivity contribution in [2.75, 3.05) is 17.4 Å². The molecule has 3 aromatic rings. The van der Waals surface area contributed by atoms with Crippen LogP contribution in [0.3, 0.4) is 0 Å². The fraction of sp³-hybridized carbons (Fsp3) is 0.333. The quantitative estimate of drug-likeness (QED) is 0.221. The summed E-state index contributed by atoms with van der Waals surface area (Å²) in [7, 11) is -4.21. The first kappa shape index (κ1) is 32.7. The number of rotatable bonds is 12. The molecule has 0 saturated carbocycles. The normalized spacial score (nSPS) is 12.1. The third-order valence-corrected chi connectivity index (χ3v) is 9.59. The van der Waals surface area contributed by atoms with E-state index in [2.05, 4.69) is 5.32 Å². The van der Waals surface area contributed by atoms with E-state index in [0.29, 0.717) is 32.9 Å². The highest BCUT2D eigenvalue weighted by atomic mass is 35.5. The third kappa shape index (κ3) is 8.16. The SMILES string of the molecule is CCCCNC(=O)C(C)N(Cc1c(Cl)cccc1Cl)C(=O)CN(c1ccc(C)c(C)c1)S(=O)(=O)c1ccc(Cl)cc1. The maximum Gasteiger partial charge on any atom is 0.264 e. The molecule has 0 aliphatic rings. The minimum absolute atomic E-state index is 0.0287. The van der Waals surface area contributed by atoms with Gasteiger partial charge in [0.25, 0.3) is 10.0 Å². The fourth-order valence-electron chi connectivity index (χ4n) is 4.12. The van der Waals surface area contributed by atoms with Crippen LogP contribution in [-0.2, 0) is 26.2 Å². The Balaban J connectivity index is 2.06. The Labute approximate surface area is 257 Å². The Morgan fingerprint density at radius 1 is 0.927 bits per heavy atom. The molecule has 0 spiro atoms. The van der Waals surface area contributed by atoms with E-state index in [1.165, 1.54) is 29.2 Å². The number of hydrogen-bond donors (Lipinski definition) is 1. The molecule has 0 saturated heterocycles. The standard InChI is InChI=1S/C30H34Cl3N3O4S/c1-5-6-16-34-30(38)22(4)35(18-26-27(32)8-7-9-28(26)33)29(37)19-36(24-13-10-20(2)21(3)17-24)41(39,40)25-14-11-23(31)12-15-25/h7-15,17,22H,5-6,16,18-19H2,1-4H3,(H,34,38). The van der Waals surface area contributed by atoms with Gasteiger partial charge in [-0.2, -0.15) is 0 Å². The largest absolute Gasteiger partial charge is 0.354 e. The number of carbonyl (C=O) groups excluding carboxylic acids is 2. The number of anilines is 1. The number of carbonyl (C=O) groups is 2. The first-order chi connectivity index (χ1) is 19.4. The highest BCUT2D eigenvalue weighted by Crippen LogP contribution is 2.29. The van der Waals surface area contributed by atoms with Crippen LogP contribution in [0.4, 0.5) is 5.69 Å². The van der Waals surface area contributed by atoms with E-state index in [4.69, 9.17) is 34.8 Å². The predicted molar refractivity (Wildman–Crippen MR) is 166 cm³/mol. The van der Waals surface area contributed by atoms with E-state index in [9.17, 15) is 18.0 Å². The minimum atomic E-state index is -4.21. The van der Waals surface area contributed by atoms with E-state index in [-0.39, 0.29) is 17.3 Å². The van der Waals surface area contributed by atoms with Crippen LogP contribution in [0.5, 0.6) is 0 Å². The van der Waals surface area contributed by atoms with Crippen molar-refractivity contribution in [3.8, 4) is 0 Å². The van der Waals surface area contributed by atoms with E-state index < -0.39 is 28.5 Å². The molecule has 11 heteroatoms. The van der Waals surface area contributed by atoms with Gasteiger partial charge >= 0.3 is 0 Å². The molecule has 0 aromatic heterocycles. The molecule has 7 nitrogen and oxygen atoms in total. The van der Waals surface area contributed by atoms with Crippen molar-refractivity contribution in [3.63, 3.8) is 0 Å². The van der Waals surface area contributed by atoms with Crippen molar-refractivity contribution < 1.29 is 18.0 Å². The Morgan fingerprint density at radius 2 is 1.56 bits per heavy atom. The second-order valence-corrected chi connectivity index (χ2v) is 12.9. The molecule has 1 atom stereocenters. The van der Waals surface area contributed by atoms with Gasteiger partial charge in [-0.25, -0.2) is 8.42 Å². The summed E-state index contributed by atoms with van der Waals surface area (Å²) in [5.74, 6) is -0.969. The Hall–Kier alpha value is -2.78. The van der Waals surface area contributed by atoms with Crippen LogP contribution in [0.2, 0.25) is 15.1 Å². The topological polar surface area (TPSA) is 86.8 Å². The van der Waals surface area contributed by atoms with Crippen LogP contribution < -0.4 is 9.62 Å². The molecule has 0 fully saturated rings. The summed E-state index contributed by atoms with van der Waals surface area (Å²) in [6.45, 7) is 7.17. The van der Waals surface area contributed by atoms with Gasteiger partial charge in [-0.05, 0) is 86.8 Å². The molecule has 0 radical (unpaired) electrons. The molecule has 0 heterocycles. The molecule has 1 unspecified atom stereocenters. The van der Waals surface area contributed by atoms with Crippen LogP contribution >= 0.6 is 34.8 Å². The van der Waals surface area contributed by atoms with Crippen LogP contribution in [0, 0.1) is 13.8 Å². The molecule has 3 aromatic carbocycles. The maximum atomic E-state index is 14.0. The van der Waals surface area contributed by atoms with Gasteiger partial charge in [-0.3, -0.25) is 13.9 Å². The van der Waals surface area contributed by atoms with Crippen LogP contribution in [-0.4, -0.2) is 44.3 Å². The zero-order chi connectivity index (χ0) is 30.3. The molecule has 2 amide bonds. The number of halogens is 3. The first-order valence-corrected chi connectivity index (χ1v) is 15.8. The summed E-state index contributed by atoms with van der Waals surface area (Å²) in [5.41, 5.74) is 2.59. The van der Waals surface area contributed by atoms with Gasteiger partial charge in [0.1, 0.15) is 12.6 Å². The molecule has 3 rings (SSSR count). The van der Waals surface area contributed by atoms with Gasteiger partial charge in [0, 0.05) is 33.7 Å². The van der Waals surface area contributed by atoms with E-state index in [1.54, 1.807) is 43.3 Å². The van der Waals surface area contributed by atoms with E-state index in [0.717, 1.165) is 28.3 Å². The Kier molecular flexibility index (Phi) is 11.5. The number of nitrogens with zero attached hydrogens (tertiary/aromatic N) is 2. The highest BCUT2D eigenvalue weighted by Gasteiger charge is 2.33. The lowest BCUT2D eigenvalue weighted by Gasteiger charge is -2.32. The van der Waals surface area contributed by atoms with Crippen LogP contribution in [0.25, 0.3) is 0 Å². The van der Waals surface area contributed by atoms with Gasteiger partial charge in [-0.1, -0.05) is 60.3 Å². The van der Waals surface area contributed by atoms with Gasteiger partial charge in [0.05, 0.1) is 10.6 Å². The zero-order valence-corrected chi connectivity index (χ0v) is 26.5. The Morgan fingerprint density at radius 3 is 2.15 bits per heavy atom. The van der Waals surface area contributed by atoms with Crippen molar-refractivity contribution in [3.05, 3.63) is 92.4 Å². The van der Waals surface area contributed by atoms with Crippen molar-refractivity contribution in [2.24, 2.45) is 0 Å². The van der Waals surface area contributed by atoms with Gasteiger partial charge < -0.3 is 10.2 Å². The Bertz CT molecular complexity index is 1480. The fourth-order valence-corrected chi connectivity index (χ4v) is 6.16. The van der Waals surface area contributed by atoms with Crippen LogP contribution in [0.1, 0.15) is 43.4 Å². The number of benzene rings is 3. The smallest absolute Gasteiger partial charge is 0.264 e. The van der Waals surface area contributed by atoms with E-state index in [1.807, 2.05) is 20.8 Å². The third-order valence-electron chi connectivity index (χ3n) is 6.85. The molecular formula is C30H34Cl3N3O4S. The lowest BCUT2D eigenvalue weighted by atomic mass is 10.1. The van der Waals surface area contributed by atoms with Crippen molar-refractivity contribution in [1.82, 2.24) is 10.2 Å². The number of sulfonamides is 1. The average molecular weight is 639 g/mol. The average Bonchev–Trinajstić information content (AvgIpc) is 2.93. The predicted octanol–water partition coefficient (Wildman–Crippen LogP) is 6.79. The summed E-state index contributed by atoms with van der Waals surface area (Å²) in [6, 6.07) is 14.9. The monoisotopic (exact) mass is 637 g/mol. The molecule has 0 aliphatic heterocycles. The van der Waals surface area contributed by atoms with E-state index >= 15 is 0 Å². The lowest BCUT2D eigenvalue weighted by Crippen LogP contribution is -2.51.